The Balaban J connectivity index is 2.18. The zero-order valence-corrected chi connectivity index (χ0v) is 13.1. The van der Waals surface area contributed by atoms with Crippen molar-refractivity contribution in [3.63, 3.8) is 0 Å². The van der Waals surface area contributed by atoms with Crippen molar-refractivity contribution in [2.24, 2.45) is 5.92 Å². The van der Waals surface area contributed by atoms with Crippen molar-refractivity contribution in [2.45, 2.75) is 13.8 Å². The molecule has 0 unspecified atom stereocenters. The fraction of sp³-hybridized carbons (Fsp3) is 0.211. The van der Waals surface area contributed by atoms with E-state index in [1.54, 1.807) is 27.0 Å². The highest BCUT2D eigenvalue weighted by Gasteiger charge is 2.13. The van der Waals surface area contributed by atoms with Gasteiger partial charge in [0, 0.05) is 0 Å². The molecule has 3 heteroatoms. The maximum absolute atomic E-state index is 11.7. The standard InChI is InChI=1S/C19H20O3/c1-14(2)19(20)22-17-12-11-16(13-18(17)21-3)10-9-15-7-5-4-6-8-15/h4-14H,1-3H3/b10-9+. The Morgan fingerprint density at radius 1 is 0.955 bits per heavy atom. The topological polar surface area (TPSA) is 35.5 Å². The maximum atomic E-state index is 11.7. The van der Waals surface area contributed by atoms with E-state index in [0.29, 0.717) is 11.5 Å². The van der Waals surface area contributed by atoms with E-state index in [-0.39, 0.29) is 11.9 Å². The number of esters is 1. The summed E-state index contributed by atoms with van der Waals surface area (Å²) >= 11 is 0. The summed E-state index contributed by atoms with van der Waals surface area (Å²) in [5.74, 6) is 0.538. The van der Waals surface area contributed by atoms with Crippen molar-refractivity contribution in [1.82, 2.24) is 0 Å². The van der Waals surface area contributed by atoms with Crippen molar-refractivity contribution >= 4 is 18.1 Å². The van der Waals surface area contributed by atoms with Crippen LogP contribution in [0.25, 0.3) is 12.2 Å². The molecule has 0 amide bonds. The summed E-state index contributed by atoms with van der Waals surface area (Å²) < 4.78 is 10.6. The van der Waals surface area contributed by atoms with Gasteiger partial charge in [0.1, 0.15) is 0 Å². The second kappa shape index (κ2) is 7.46. The molecule has 22 heavy (non-hydrogen) atoms. The minimum atomic E-state index is -0.272. The summed E-state index contributed by atoms with van der Waals surface area (Å²) in [7, 11) is 1.56. The summed E-state index contributed by atoms with van der Waals surface area (Å²) in [6, 6.07) is 15.5. The Kier molecular flexibility index (Phi) is 5.37. The molecule has 0 saturated heterocycles. The first-order valence-corrected chi connectivity index (χ1v) is 7.23. The normalized spacial score (nSPS) is 10.9. The number of ether oxygens (including phenoxy) is 2. The molecule has 114 valence electrons. The number of hydrogen-bond acceptors (Lipinski definition) is 3. The largest absolute Gasteiger partial charge is 0.493 e. The Labute approximate surface area is 131 Å². The van der Waals surface area contributed by atoms with Gasteiger partial charge in [-0.2, -0.15) is 0 Å². The lowest BCUT2D eigenvalue weighted by Crippen LogP contribution is -2.15. The van der Waals surface area contributed by atoms with Gasteiger partial charge in [0.2, 0.25) is 0 Å². The van der Waals surface area contributed by atoms with Gasteiger partial charge in [0.25, 0.3) is 0 Å². The SMILES string of the molecule is COc1cc(/C=C/c2ccccc2)ccc1OC(=O)C(C)C. The summed E-state index contributed by atoms with van der Waals surface area (Å²) in [6.45, 7) is 3.59. The Hall–Kier alpha value is -2.55. The van der Waals surface area contributed by atoms with Crippen LogP contribution in [0.15, 0.2) is 48.5 Å². The third-order valence-corrected chi connectivity index (χ3v) is 3.14. The molecule has 3 nitrogen and oxygen atoms in total. The number of methoxy groups -OCH3 is 1. The van der Waals surface area contributed by atoms with Crippen LogP contribution >= 0.6 is 0 Å². The number of hydrogen-bond donors (Lipinski definition) is 0. The van der Waals surface area contributed by atoms with Gasteiger partial charge in [0.05, 0.1) is 13.0 Å². The molecule has 0 heterocycles. The minimum absolute atomic E-state index is 0.178. The molecule has 0 bridgehead atoms. The monoisotopic (exact) mass is 296 g/mol. The van der Waals surface area contributed by atoms with Gasteiger partial charge in [-0.1, -0.05) is 62.4 Å². The van der Waals surface area contributed by atoms with Gasteiger partial charge in [-0.15, -0.1) is 0 Å². The van der Waals surface area contributed by atoms with Crippen molar-refractivity contribution in [2.75, 3.05) is 7.11 Å². The molecule has 0 radical (unpaired) electrons. The lowest BCUT2D eigenvalue weighted by molar-refractivity contribution is -0.137. The molecule has 0 aliphatic rings. The predicted octanol–water partition coefficient (Wildman–Crippen LogP) is 4.43. The molecule has 0 aliphatic heterocycles. The molecule has 2 rings (SSSR count). The van der Waals surface area contributed by atoms with E-state index in [2.05, 4.69) is 0 Å². The van der Waals surface area contributed by atoms with Crippen molar-refractivity contribution in [3.05, 3.63) is 59.7 Å². The summed E-state index contributed by atoms with van der Waals surface area (Å²) in [6.07, 6.45) is 4.01. The molecule has 2 aromatic carbocycles. The fourth-order valence-corrected chi connectivity index (χ4v) is 1.85. The van der Waals surface area contributed by atoms with Crippen LogP contribution in [0.2, 0.25) is 0 Å². The van der Waals surface area contributed by atoms with Crippen LogP contribution in [0.4, 0.5) is 0 Å². The number of benzene rings is 2. The Morgan fingerprint density at radius 3 is 2.27 bits per heavy atom. The second-order valence-electron chi connectivity index (χ2n) is 5.23. The Bertz CT molecular complexity index is 658. The van der Waals surface area contributed by atoms with Crippen LogP contribution in [0.3, 0.4) is 0 Å². The van der Waals surface area contributed by atoms with Gasteiger partial charge in [-0.05, 0) is 23.3 Å². The van der Waals surface area contributed by atoms with Gasteiger partial charge >= 0.3 is 5.97 Å². The number of rotatable bonds is 5. The van der Waals surface area contributed by atoms with E-state index in [0.717, 1.165) is 11.1 Å². The van der Waals surface area contributed by atoms with Crippen molar-refractivity contribution in [3.8, 4) is 11.5 Å². The summed E-state index contributed by atoms with van der Waals surface area (Å²) in [5, 5.41) is 0. The highest BCUT2D eigenvalue weighted by molar-refractivity contribution is 5.76. The number of carbonyl (C=O) groups is 1. The molecule has 0 atom stereocenters. The summed E-state index contributed by atoms with van der Waals surface area (Å²) in [4.78, 5) is 11.7. The van der Waals surface area contributed by atoms with E-state index in [1.807, 2.05) is 54.6 Å². The third-order valence-electron chi connectivity index (χ3n) is 3.14. The van der Waals surface area contributed by atoms with E-state index < -0.39 is 0 Å². The zero-order valence-electron chi connectivity index (χ0n) is 13.1. The van der Waals surface area contributed by atoms with Gasteiger partial charge in [0.15, 0.2) is 11.5 Å². The first-order chi connectivity index (χ1) is 10.6. The van der Waals surface area contributed by atoms with Gasteiger partial charge < -0.3 is 9.47 Å². The molecule has 0 aliphatic carbocycles. The van der Waals surface area contributed by atoms with E-state index in [9.17, 15) is 4.79 Å². The van der Waals surface area contributed by atoms with Crippen LogP contribution in [-0.4, -0.2) is 13.1 Å². The van der Waals surface area contributed by atoms with Gasteiger partial charge in [-0.25, -0.2) is 0 Å². The first-order valence-electron chi connectivity index (χ1n) is 7.23. The highest BCUT2D eigenvalue weighted by atomic mass is 16.6. The van der Waals surface area contributed by atoms with E-state index >= 15 is 0 Å². The highest BCUT2D eigenvalue weighted by Crippen LogP contribution is 2.29. The first kappa shape index (κ1) is 15.8. The second-order valence-corrected chi connectivity index (χ2v) is 5.23. The molecule has 0 saturated carbocycles. The molecular weight excluding hydrogens is 276 g/mol. The van der Waals surface area contributed by atoms with Crippen LogP contribution in [0.1, 0.15) is 25.0 Å². The van der Waals surface area contributed by atoms with Gasteiger partial charge in [-0.3, -0.25) is 4.79 Å². The molecule has 0 aromatic heterocycles. The molecule has 0 spiro atoms. The summed E-state index contributed by atoms with van der Waals surface area (Å²) in [5.41, 5.74) is 2.10. The van der Waals surface area contributed by atoms with Crippen LogP contribution in [0.5, 0.6) is 11.5 Å². The molecular formula is C19H20O3. The predicted molar refractivity (Wildman–Crippen MR) is 88.8 cm³/mol. The lowest BCUT2D eigenvalue weighted by Gasteiger charge is -2.11. The average molecular weight is 296 g/mol. The quantitative estimate of drug-likeness (QED) is 0.465. The minimum Gasteiger partial charge on any atom is -0.493 e. The van der Waals surface area contributed by atoms with Crippen molar-refractivity contribution in [1.29, 1.82) is 0 Å². The van der Waals surface area contributed by atoms with Crippen LogP contribution in [0, 0.1) is 5.92 Å². The zero-order chi connectivity index (χ0) is 15.9. The lowest BCUT2D eigenvalue weighted by atomic mass is 10.1. The van der Waals surface area contributed by atoms with E-state index in [4.69, 9.17) is 9.47 Å². The van der Waals surface area contributed by atoms with Crippen LogP contribution < -0.4 is 9.47 Å². The van der Waals surface area contributed by atoms with Crippen molar-refractivity contribution < 1.29 is 14.3 Å². The number of carbonyl (C=O) groups excluding carboxylic acids is 1. The molecule has 2 aromatic rings. The maximum Gasteiger partial charge on any atom is 0.313 e. The Morgan fingerprint density at radius 2 is 1.64 bits per heavy atom. The smallest absolute Gasteiger partial charge is 0.313 e. The molecule has 0 fully saturated rings. The third kappa shape index (κ3) is 4.22. The fourth-order valence-electron chi connectivity index (χ4n) is 1.85. The average Bonchev–Trinajstić information content (AvgIpc) is 2.54. The van der Waals surface area contributed by atoms with E-state index in [1.165, 1.54) is 0 Å². The van der Waals surface area contributed by atoms with Crippen LogP contribution in [-0.2, 0) is 4.79 Å². The molecule has 0 N–H and O–H groups in total.